The lowest BCUT2D eigenvalue weighted by atomic mass is 10.2. The van der Waals surface area contributed by atoms with E-state index in [9.17, 15) is 9.90 Å². The fraction of sp³-hybridized carbons (Fsp3) is 0.182. The molecule has 0 spiro atoms. The topological polar surface area (TPSA) is 127 Å². The molecule has 1 heterocycles. The van der Waals surface area contributed by atoms with Gasteiger partial charge in [-0.15, -0.1) is 0 Å². The summed E-state index contributed by atoms with van der Waals surface area (Å²) in [5.41, 5.74) is 11.9. The largest absolute Gasteiger partial charge is 0.399 e. The summed E-state index contributed by atoms with van der Waals surface area (Å²) in [6, 6.07) is 5.22. The highest BCUT2D eigenvalue weighted by atomic mass is 16.3. The van der Waals surface area contributed by atoms with Gasteiger partial charge in [-0.2, -0.15) is 0 Å². The highest BCUT2D eigenvalue weighted by molar-refractivity contribution is 5.91. The van der Waals surface area contributed by atoms with Gasteiger partial charge in [-0.1, -0.05) is 0 Å². The van der Waals surface area contributed by atoms with Crippen LogP contribution in [0, 0.1) is 0 Å². The zero-order valence-corrected chi connectivity index (χ0v) is 9.50. The molecular formula is C11H13N5O2. The molecule has 94 valence electrons. The highest BCUT2D eigenvalue weighted by Crippen LogP contribution is 2.21. The third-order valence-corrected chi connectivity index (χ3v) is 2.45. The maximum absolute atomic E-state index is 10.7. The van der Waals surface area contributed by atoms with Gasteiger partial charge in [-0.3, -0.25) is 4.79 Å². The molecular weight excluding hydrogens is 234 g/mol. The third-order valence-electron chi connectivity index (χ3n) is 2.45. The number of nitrogens with zero attached hydrogens (tertiary/aromatic N) is 2. The van der Waals surface area contributed by atoms with E-state index in [2.05, 4.69) is 15.3 Å². The van der Waals surface area contributed by atoms with Gasteiger partial charge in [0.25, 0.3) is 0 Å². The number of anilines is 2. The Kier molecular flexibility index (Phi) is 3.24. The Bertz CT molecular complexity index is 587. The average Bonchev–Trinajstić information content (AvgIpc) is 2.35. The molecule has 1 aromatic heterocycles. The van der Waals surface area contributed by atoms with Crippen molar-refractivity contribution in [2.75, 3.05) is 17.6 Å². The summed E-state index contributed by atoms with van der Waals surface area (Å²) in [4.78, 5) is 18.8. The lowest BCUT2D eigenvalue weighted by molar-refractivity contribution is -0.125. The summed E-state index contributed by atoms with van der Waals surface area (Å²) >= 11 is 0. The number of primary amides is 1. The van der Waals surface area contributed by atoms with Gasteiger partial charge in [0.15, 0.2) is 0 Å². The van der Waals surface area contributed by atoms with E-state index in [1.54, 1.807) is 18.2 Å². The Morgan fingerprint density at radius 1 is 1.44 bits per heavy atom. The molecule has 18 heavy (non-hydrogen) atoms. The Morgan fingerprint density at radius 3 is 2.94 bits per heavy atom. The second-order valence-corrected chi connectivity index (χ2v) is 3.80. The van der Waals surface area contributed by atoms with Crippen LogP contribution in [0.25, 0.3) is 10.9 Å². The molecule has 1 aromatic carbocycles. The number of carbonyl (C=O) groups excluding carboxylic acids is 1. The monoisotopic (exact) mass is 247 g/mol. The van der Waals surface area contributed by atoms with Crippen molar-refractivity contribution >= 4 is 28.3 Å². The van der Waals surface area contributed by atoms with Crippen LogP contribution in [0.1, 0.15) is 0 Å². The smallest absolute Gasteiger partial charge is 0.248 e. The maximum atomic E-state index is 10.7. The quantitative estimate of drug-likeness (QED) is 0.538. The standard InChI is InChI=1S/C11H13N5O2/c12-6-1-2-8-7(3-6)11(16-5-15-8)14-4-9(17)10(13)18/h1-3,5,9,17H,4,12H2,(H2,13,18)(H,14,15,16). The number of carbonyl (C=O) groups is 1. The Labute approximate surface area is 103 Å². The van der Waals surface area contributed by atoms with Gasteiger partial charge >= 0.3 is 0 Å². The van der Waals surface area contributed by atoms with Crippen molar-refractivity contribution in [3.05, 3.63) is 24.5 Å². The molecule has 6 N–H and O–H groups in total. The molecule has 7 nitrogen and oxygen atoms in total. The summed E-state index contributed by atoms with van der Waals surface area (Å²) in [6.45, 7) is -0.0176. The first kappa shape index (κ1) is 12.1. The first-order valence-corrected chi connectivity index (χ1v) is 5.29. The predicted molar refractivity (Wildman–Crippen MR) is 67.6 cm³/mol. The van der Waals surface area contributed by atoms with Crippen LogP contribution in [0.5, 0.6) is 0 Å². The fourth-order valence-electron chi connectivity index (χ4n) is 1.51. The van der Waals surface area contributed by atoms with Crippen molar-refractivity contribution in [3.63, 3.8) is 0 Å². The van der Waals surface area contributed by atoms with Crippen molar-refractivity contribution < 1.29 is 9.90 Å². The Balaban J connectivity index is 2.27. The molecule has 0 aliphatic heterocycles. The maximum Gasteiger partial charge on any atom is 0.248 e. The van der Waals surface area contributed by atoms with Crippen LogP contribution in [-0.2, 0) is 4.79 Å². The van der Waals surface area contributed by atoms with Gasteiger partial charge in [0.05, 0.1) is 12.1 Å². The summed E-state index contributed by atoms with van der Waals surface area (Å²) in [5.74, 6) is -0.298. The van der Waals surface area contributed by atoms with E-state index in [1.165, 1.54) is 6.33 Å². The number of fused-ring (bicyclic) bond motifs is 1. The van der Waals surface area contributed by atoms with Crippen LogP contribution in [0.15, 0.2) is 24.5 Å². The normalized spacial score (nSPS) is 12.3. The van der Waals surface area contributed by atoms with E-state index < -0.39 is 12.0 Å². The number of nitrogens with two attached hydrogens (primary N) is 2. The molecule has 0 bridgehead atoms. The molecule has 0 saturated carbocycles. The lowest BCUT2D eigenvalue weighted by Gasteiger charge is -2.10. The van der Waals surface area contributed by atoms with Crippen molar-refractivity contribution in [1.82, 2.24) is 9.97 Å². The second kappa shape index (κ2) is 4.84. The number of aliphatic hydroxyl groups excluding tert-OH is 1. The molecule has 0 aliphatic carbocycles. The van der Waals surface area contributed by atoms with Gasteiger partial charge in [-0.25, -0.2) is 9.97 Å². The van der Waals surface area contributed by atoms with Crippen LogP contribution in [0.3, 0.4) is 0 Å². The van der Waals surface area contributed by atoms with Crippen LogP contribution >= 0.6 is 0 Å². The van der Waals surface area contributed by atoms with E-state index in [0.29, 0.717) is 16.9 Å². The summed E-state index contributed by atoms with van der Waals surface area (Å²) in [5, 5.41) is 12.9. The van der Waals surface area contributed by atoms with Crippen molar-refractivity contribution in [2.24, 2.45) is 5.73 Å². The van der Waals surface area contributed by atoms with Crippen LogP contribution in [-0.4, -0.2) is 33.6 Å². The number of hydrogen-bond donors (Lipinski definition) is 4. The molecule has 1 amide bonds. The lowest BCUT2D eigenvalue weighted by Crippen LogP contribution is -2.34. The number of nitrogens with one attached hydrogen (secondary N) is 1. The van der Waals surface area contributed by atoms with E-state index >= 15 is 0 Å². The molecule has 0 radical (unpaired) electrons. The molecule has 0 saturated heterocycles. The number of nitrogen functional groups attached to an aromatic ring is 1. The minimum Gasteiger partial charge on any atom is -0.399 e. The molecule has 7 heteroatoms. The number of aromatic nitrogens is 2. The number of amides is 1. The molecule has 0 aliphatic rings. The first-order valence-electron chi connectivity index (χ1n) is 5.29. The minimum atomic E-state index is -1.27. The Hall–Kier alpha value is -2.41. The van der Waals surface area contributed by atoms with Gasteiger partial charge in [0, 0.05) is 11.1 Å². The number of aliphatic hydroxyl groups is 1. The summed E-state index contributed by atoms with van der Waals surface area (Å²) in [7, 11) is 0. The van der Waals surface area contributed by atoms with Crippen LogP contribution in [0.4, 0.5) is 11.5 Å². The van der Waals surface area contributed by atoms with Gasteiger partial charge < -0.3 is 21.9 Å². The van der Waals surface area contributed by atoms with Crippen molar-refractivity contribution in [3.8, 4) is 0 Å². The minimum absolute atomic E-state index is 0.0176. The van der Waals surface area contributed by atoms with Gasteiger partial charge in [0.2, 0.25) is 5.91 Å². The SMILES string of the molecule is NC(=O)C(O)CNc1ncnc2ccc(N)cc12. The molecule has 2 rings (SSSR count). The fourth-order valence-corrected chi connectivity index (χ4v) is 1.51. The number of benzene rings is 1. The van der Waals surface area contributed by atoms with Crippen molar-refractivity contribution in [2.45, 2.75) is 6.10 Å². The van der Waals surface area contributed by atoms with Crippen molar-refractivity contribution in [1.29, 1.82) is 0 Å². The molecule has 0 fully saturated rings. The number of rotatable bonds is 4. The first-order chi connectivity index (χ1) is 8.58. The van der Waals surface area contributed by atoms with E-state index in [1.807, 2.05) is 0 Å². The van der Waals surface area contributed by atoms with Gasteiger partial charge in [0.1, 0.15) is 18.2 Å². The van der Waals surface area contributed by atoms with E-state index in [4.69, 9.17) is 11.5 Å². The molecule has 1 atom stereocenters. The van der Waals surface area contributed by atoms with E-state index in [0.717, 1.165) is 5.52 Å². The van der Waals surface area contributed by atoms with Crippen LogP contribution in [0.2, 0.25) is 0 Å². The zero-order valence-electron chi connectivity index (χ0n) is 9.50. The van der Waals surface area contributed by atoms with Crippen LogP contribution < -0.4 is 16.8 Å². The van der Waals surface area contributed by atoms with E-state index in [-0.39, 0.29) is 6.54 Å². The Morgan fingerprint density at radius 2 is 2.22 bits per heavy atom. The molecule has 1 unspecified atom stereocenters. The second-order valence-electron chi connectivity index (χ2n) is 3.80. The molecule has 2 aromatic rings. The average molecular weight is 247 g/mol. The zero-order chi connectivity index (χ0) is 13.1. The number of hydrogen-bond acceptors (Lipinski definition) is 6. The summed E-state index contributed by atoms with van der Waals surface area (Å²) < 4.78 is 0. The highest BCUT2D eigenvalue weighted by Gasteiger charge is 2.11. The predicted octanol–water partition coefficient (Wildman–Crippen LogP) is -0.530. The van der Waals surface area contributed by atoms with Gasteiger partial charge in [-0.05, 0) is 18.2 Å². The third kappa shape index (κ3) is 2.46. The summed E-state index contributed by atoms with van der Waals surface area (Å²) in [6.07, 6.45) is 0.119.